The molecule has 132 valence electrons. The number of nitro benzene ring substituents is 1. The van der Waals surface area contributed by atoms with Gasteiger partial charge in [-0.05, 0) is 24.6 Å². The lowest BCUT2D eigenvalue weighted by atomic mass is 9.91. The maximum absolute atomic E-state index is 12.3. The molecule has 0 saturated carbocycles. The molecule has 0 spiro atoms. The lowest BCUT2D eigenvalue weighted by Gasteiger charge is -2.44. The molecule has 2 unspecified atom stereocenters. The Kier molecular flexibility index (Phi) is 4.76. The van der Waals surface area contributed by atoms with Crippen LogP contribution in [-0.2, 0) is 20.9 Å². The van der Waals surface area contributed by atoms with E-state index in [4.69, 9.17) is 17.0 Å². The highest BCUT2D eigenvalue weighted by atomic mass is 32.2. The first kappa shape index (κ1) is 17.8. The second-order valence-corrected chi connectivity index (χ2v) is 7.63. The van der Waals surface area contributed by atoms with Crippen molar-refractivity contribution in [3.05, 3.63) is 39.9 Å². The summed E-state index contributed by atoms with van der Waals surface area (Å²) in [4.78, 5) is 35.9. The van der Waals surface area contributed by atoms with Crippen LogP contribution in [0, 0.1) is 16.0 Å². The summed E-state index contributed by atoms with van der Waals surface area (Å²) in [5, 5.41) is 19.9. The van der Waals surface area contributed by atoms with Gasteiger partial charge in [0.05, 0.1) is 26.5 Å². The summed E-state index contributed by atoms with van der Waals surface area (Å²) in [6, 6.07) is 4.69. The zero-order chi connectivity index (χ0) is 18.3. The van der Waals surface area contributed by atoms with Crippen LogP contribution in [0.5, 0.6) is 0 Å². The predicted octanol–water partition coefficient (Wildman–Crippen LogP) is 1.25. The fourth-order valence-electron chi connectivity index (χ4n) is 2.81. The topological polar surface area (TPSA) is 110 Å². The lowest BCUT2D eigenvalue weighted by molar-refractivity contribution is -0.384. The summed E-state index contributed by atoms with van der Waals surface area (Å²) >= 11 is 6.41. The van der Waals surface area contributed by atoms with Gasteiger partial charge < -0.3 is 14.7 Å². The quantitative estimate of drug-likeness (QED) is 0.266. The second kappa shape index (κ2) is 6.70. The monoisotopic (exact) mass is 382 g/mol. The van der Waals surface area contributed by atoms with Crippen molar-refractivity contribution < 1.29 is 24.4 Å². The van der Waals surface area contributed by atoms with E-state index in [1.165, 1.54) is 47.9 Å². The van der Waals surface area contributed by atoms with Gasteiger partial charge in [0.25, 0.3) is 5.69 Å². The van der Waals surface area contributed by atoms with Gasteiger partial charge in [0.1, 0.15) is 6.61 Å². The number of thiocarbonyl (C=S) groups is 1. The molecule has 0 radical (unpaired) electrons. The van der Waals surface area contributed by atoms with Crippen LogP contribution in [0.2, 0.25) is 0 Å². The number of carbonyl (C=O) groups is 2. The Morgan fingerprint density at radius 3 is 2.68 bits per heavy atom. The molecule has 3 rings (SSSR count). The zero-order valence-corrected chi connectivity index (χ0v) is 14.7. The van der Waals surface area contributed by atoms with Crippen molar-refractivity contribution >= 4 is 45.7 Å². The average Bonchev–Trinajstić information content (AvgIpc) is 2.85. The molecule has 8 nitrogen and oxygen atoms in total. The number of fused-ring (bicyclic) bond motifs is 1. The van der Waals surface area contributed by atoms with E-state index in [0.29, 0.717) is 9.76 Å². The molecule has 2 saturated heterocycles. The van der Waals surface area contributed by atoms with Gasteiger partial charge in [-0.1, -0.05) is 24.0 Å². The third-order valence-corrected chi connectivity index (χ3v) is 5.86. The van der Waals surface area contributed by atoms with Crippen molar-refractivity contribution in [1.29, 1.82) is 0 Å². The molecule has 1 aromatic rings. The molecular formula is C15H14N2O6S2. The number of amides is 1. The van der Waals surface area contributed by atoms with Crippen molar-refractivity contribution in [3.8, 4) is 0 Å². The first-order chi connectivity index (χ1) is 11.8. The number of nitrogens with zero attached hydrogens (tertiary/aromatic N) is 2. The number of nitro groups is 1. The SMILES string of the molecule is C[C@@H](O)[C@H]1C(=O)N2C(C(=O)OCc3ccc([N+](=O)[O-])cc3)C(=S)SC12. The van der Waals surface area contributed by atoms with E-state index < -0.39 is 29.0 Å². The molecule has 25 heavy (non-hydrogen) atoms. The molecule has 1 aromatic carbocycles. The standard InChI is InChI=1S/C15H14N2O6S2/c1-7(18)10-12(19)16-11(15(24)25-13(10)16)14(20)23-6-8-2-4-9(5-3-8)17(21)22/h2-5,7,10-11,13,18H,6H2,1H3/t7-,10+,11?,13?/m1/s1. The molecule has 4 atom stereocenters. The largest absolute Gasteiger partial charge is 0.459 e. The van der Waals surface area contributed by atoms with E-state index in [0.717, 1.165) is 0 Å². The molecule has 0 aromatic heterocycles. The van der Waals surface area contributed by atoms with E-state index in [2.05, 4.69) is 0 Å². The maximum atomic E-state index is 12.3. The third-order valence-electron chi connectivity index (χ3n) is 4.13. The van der Waals surface area contributed by atoms with Gasteiger partial charge in [-0.25, -0.2) is 4.79 Å². The van der Waals surface area contributed by atoms with Crippen molar-refractivity contribution in [1.82, 2.24) is 4.90 Å². The van der Waals surface area contributed by atoms with Gasteiger partial charge in [-0.15, -0.1) is 0 Å². The molecule has 2 heterocycles. The van der Waals surface area contributed by atoms with E-state index in [1.807, 2.05) is 0 Å². The normalized spacial score (nSPS) is 26.0. The van der Waals surface area contributed by atoms with Crippen LogP contribution >= 0.6 is 24.0 Å². The van der Waals surface area contributed by atoms with E-state index >= 15 is 0 Å². The third kappa shape index (κ3) is 3.12. The zero-order valence-electron chi connectivity index (χ0n) is 13.0. The number of esters is 1. The lowest BCUT2D eigenvalue weighted by Crippen LogP contribution is -2.64. The molecule has 2 aliphatic rings. The number of carbonyl (C=O) groups excluding carboxylic acids is 2. The molecule has 1 amide bonds. The number of hydrogen-bond acceptors (Lipinski definition) is 8. The van der Waals surface area contributed by atoms with Crippen molar-refractivity contribution in [3.63, 3.8) is 0 Å². The first-order valence-electron chi connectivity index (χ1n) is 7.42. The van der Waals surface area contributed by atoms with Gasteiger partial charge in [0.2, 0.25) is 5.91 Å². The fourth-order valence-corrected chi connectivity index (χ4v) is 4.73. The number of ether oxygens (including phenoxy) is 1. The summed E-state index contributed by atoms with van der Waals surface area (Å²) in [7, 11) is 0. The van der Waals surface area contributed by atoms with E-state index in [-0.39, 0.29) is 23.6 Å². The molecule has 0 bridgehead atoms. The van der Waals surface area contributed by atoms with Crippen LogP contribution in [0.25, 0.3) is 0 Å². The highest BCUT2D eigenvalue weighted by Gasteiger charge is 2.60. The molecule has 10 heteroatoms. The summed E-state index contributed by atoms with van der Waals surface area (Å²) in [6.07, 6.45) is -0.807. The van der Waals surface area contributed by atoms with Crippen molar-refractivity contribution in [2.24, 2.45) is 5.92 Å². The minimum atomic E-state index is -0.939. The van der Waals surface area contributed by atoms with Gasteiger partial charge in [0, 0.05) is 12.1 Å². The summed E-state index contributed by atoms with van der Waals surface area (Å²) in [5.74, 6) is -1.52. The Morgan fingerprint density at radius 2 is 2.12 bits per heavy atom. The highest BCUT2D eigenvalue weighted by molar-refractivity contribution is 8.24. The van der Waals surface area contributed by atoms with Crippen LogP contribution < -0.4 is 0 Å². The van der Waals surface area contributed by atoms with Crippen molar-refractivity contribution in [2.45, 2.75) is 31.1 Å². The minimum absolute atomic E-state index is 0.0540. The Morgan fingerprint density at radius 1 is 1.48 bits per heavy atom. The van der Waals surface area contributed by atoms with E-state index in [9.17, 15) is 24.8 Å². The van der Waals surface area contributed by atoms with E-state index in [1.54, 1.807) is 0 Å². The minimum Gasteiger partial charge on any atom is -0.459 e. The van der Waals surface area contributed by atoms with Crippen molar-refractivity contribution in [2.75, 3.05) is 0 Å². The fraction of sp³-hybridized carbons (Fsp3) is 0.400. The van der Waals surface area contributed by atoms with Gasteiger partial charge in [-0.3, -0.25) is 14.9 Å². The number of thioether (sulfide) groups is 1. The number of aliphatic hydroxyl groups excluding tert-OH is 1. The Bertz CT molecular complexity index is 751. The Labute approximate surface area is 152 Å². The highest BCUT2D eigenvalue weighted by Crippen LogP contribution is 2.46. The Hall–Kier alpha value is -2.04. The maximum Gasteiger partial charge on any atom is 0.335 e. The Balaban J connectivity index is 1.63. The second-order valence-electron chi connectivity index (χ2n) is 5.77. The summed E-state index contributed by atoms with van der Waals surface area (Å²) < 4.78 is 5.56. The van der Waals surface area contributed by atoms with Crippen LogP contribution in [-0.4, -0.2) is 48.5 Å². The number of rotatable bonds is 5. The molecule has 2 aliphatic heterocycles. The molecule has 1 N–H and O–H groups in total. The number of non-ortho nitro benzene ring substituents is 1. The van der Waals surface area contributed by atoms with Crippen LogP contribution in [0.15, 0.2) is 24.3 Å². The van der Waals surface area contributed by atoms with Gasteiger partial charge in [0.15, 0.2) is 6.04 Å². The molecular weight excluding hydrogens is 368 g/mol. The molecule has 2 fully saturated rings. The van der Waals surface area contributed by atoms with Gasteiger partial charge in [-0.2, -0.15) is 0 Å². The number of β-lactam (4-membered cyclic amide) rings is 1. The predicted molar refractivity (Wildman–Crippen MR) is 92.7 cm³/mol. The number of hydrogen-bond donors (Lipinski definition) is 1. The number of benzene rings is 1. The summed E-state index contributed by atoms with van der Waals surface area (Å²) in [5.41, 5.74) is 0.533. The smallest absolute Gasteiger partial charge is 0.335 e. The summed E-state index contributed by atoms with van der Waals surface area (Å²) in [6.45, 7) is 1.46. The average molecular weight is 382 g/mol. The molecule has 0 aliphatic carbocycles. The van der Waals surface area contributed by atoms with Gasteiger partial charge >= 0.3 is 5.97 Å². The van der Waals surface area contributed by atoms with Crippen LogP contribution in [0.1, 0.15) is 12.5 Å². The van der Waals surface area contributed by atoms with Crippen LogP contribution in [0.3, 0.4) is 0 Å². The first-order valence-corrected chi connectivity index (χ1v) is 8.70. The van der Waals surface area contributed by atoms with Crippen LogP contribution in [0.4, 0.5) is 5.69 Å². The number of aliphatic hydroxyl groups is 1.